The highest BCUT2D eigenvalue weighted by Crippen LogP contribution is 2.20. The zero-order chi connectivity index (χ0) is 10.6. The number of ether oxygens (including phenoxy) is 2. The van der Waals surface area contributed by atoms with Crippen LogP contribution >= 0.6 is 11.6 Å². The summed E-state index contributed by atoms with van der Waals surface area (Å²) in [6.45, 7) is 0.281. The van der Waals surface area contributed by atoms with Gasteiger partial charge in [0.25, 0.3) is 0 Å². The van der Waals surface area contributed by atoms with E-state index in [4.69, 9.17) is 20.8 Å². The molecule has 1 aromatic rings. The predicted molar refractivity (Wildman–Crippen MR) is 50.3 cm³/mol. The first-order chi connectivity index (χ1) is 6.74. The molecule has 0 atom stereocenters. The third kappa shape index (κ3) is 2.08. The van der Waals surface area contributed by atoms with E-state index >= 15 is 0 Å². The molecule has 0 saturated heterocycles. The van der Waals surface area contributed by atoms with Gasteiger partial charge in [-0.2, -0.15) is 0 Å². The summed E-state index contributed by atoms with van der Waals surface area (Å²) in [4.78, 5) is 11.3. The average Bonchev–Trinajstić information content (AvgIpc) is 2.60. The molecule has 5 heteroatoms. The van der Waals surface area contributed by atoms with Crippen molar-refractivity contribution in [3.63, 3.8) is 0 Å². The van der Waals surface area contributed by atoms with Gasteiger partial charge in [-0.3, -0.25) is 0 Å². The number of hydrogen-bond acceptors (Lipinski definition) is 4. The van der Waals surface area contributed by atoms with Crippen molar-refractivity contribution in [1.82, 2.24) is 0 Å². The van der Waals surface area contributed by atoms with Crippen molar-refractivity contribution in [3.8, 4) is 0 Å². The molecule has 1 aromatic heterocycles. The summed E-state index contributed by atoms with van der Waals surface area (Å²) in [6.07, 6.45) is 1.33. The molecule has 0 aliphatic carbocycles. The van der Waals surface area contributed by atoms with Gasteiger partial charge in [-0.15, -0.1) is 11.6 Å². The molecule has 78 valence electrons. The first-order valence-corrected chi connectivity index (χ1v) is 4.50. The molecule has 14 heavy (non-hydrogen) atoms. The van der Waals surface area contributed by atoms with Crippen LogP contribution in [-0.2, 0) is 22.0 Å². The minimum atomic E-state index is -0.447. The number of rotatable bonds is 4. The van der Waals surface area contributed by atoms with Gasteiger partial charge < -0.3 is 13.9 Å². The molecule has 4 nitrogen and oxygen atoms in total. The maximum absolute atomic E-state index is 11.3. The maximum atomic E-state index is 11.3. The highest BCUT2D eigenvalue weighted by molar-refractivity contribution is 6.17. The van der Waals surface area contributed by atoms with E-state index in [-0.39, 0.29) is 12.5 Å². The van der Waals surface area contributed by atoms with Crippen LogP contribution in [-0.4, -0.2) is 20.2 Å². The van der Waals surface area contributed by atoms with E-state index < -0.39 is 5.97 Å². The van der Waals surface area contributed by atoms with Gasteiger partial charge in [-0.1, -0.05) is 0 Å². The molecule has 0 N–H and O–H groups in total. The van der Waals surface area contributed by atoms with Crippen LogP contribution in [0.15, 0.2) is 10.7 Å². The summed E-state index contributed by atoms with van der Waals surface area (Å²) in [5, 5.41) is 0. The van der Waals surface area contributed by atoms with Gasteiger partial charge in [0.1, 0.15) is 17.6 Å². The van der Waals surface area contributed by atoms with Gasteiger partial charge in [-0.25, -0.2) is 4.79 Å². The Morgan fingerprint density at radius 1 is 1.57 bits per heavy atom. The Hall–Kier alpha value is -1.00. The molecule has 0 unspecified atom stereocenters. The lowest BCUT2D eigenvalue weighted by Crippen LogP contribution is -2.04. The maximum Gasteiger partial charge on any atom is 0.341 e. The van der Waals surface area contributed by atoms with Gasteiger partial charge in [0.05, 0.1) is 19.6 Å². The van der Waals surface area contributed by atoms with Crippen molar-refractivity contribution < 1.29 is 18.7 Å². The Morgan fingerprint density at radius 3 is 2.79 bits per heavy atom. The summed E-state index contributed by atoms with van der Waals surface area (Å²) >= 11 is 5.63. The van der Waals surface area contributed by atoms with Crippen molar-refractivity contribution in [2.24, 2.45) is 0 Å². The van der Waals surface area contributed by atoms with Gasteiger partial charge in [0.2, 0.25) is 0 Å². The van der Waals surface area contributed by atoms with E-state index in [1.807, 2.05) is 0 Å². The van der Waals surface area contributed by atoms with Crippen molar-refractivity contribution in [2.75, 3.05) is 14.2 Å². The number of carbonyl (C=O) groups excluding carboxylic acids is 1. The number of halogens is 1. The standard InChI is InChI=1S/C9H11ClO4/c1-12-4-6-7(9(11)13-2)5-14-8(6)3-10/h5H,3-4H2,1-2H3. The molecule has 0 aliphatic heterocycles. The van der Waals surface area contributed by atoms with Crippen molar-refractivity contribution >= 4 is 17.6 Å². The Bertz CT molecular complexity index is 319. The molecule has 1 heterocycles. The molecule has 0 bridgehead atoms. The van der Waals surface area contributed by atoms with E-state index in [1.54, 1.807) is 0 Å². The second-order valence-corrected chi connectivity index (χ2v) is 2.88. The Kier molecular flexibility index (Phi) is 3.98. The Balaban J connectivity index is 3.03. The number of alkyl halides is 1. The highest BCUT2D eigenvalue weighted by atomic mass is 35.5. The predicted octanol–water partition coefficient (Wildman–Crippen LogP) is 1.95. The molecule has 0 aromatic carbocycles. The number of esters is 1. The van der Waals surface area contributed by atoms with E-state index in [9.17, 15) is 4.79 Å². The molecule has 0 fully saturated rings. The van der Waals surface area contributed by atoms with Crippen LogP contribution in [0.5, 0.6) is 0 Å². The van der Waals surface area contributed by atoms with Crippen molar-refractivity contribution in [3.05, 3.63) is 23.2 Å². The largest absolute Gasteiger partial charge is 0.467 e. The number of hydrogen-bond donors (Lipinski definition) is 0. The zero-order valence-corrected chi connectivity index (χ0v) is 8.76. The Labute approximate surface area is 86.7 Å². The van der Waals surface area contributed by atoms with Crippen LogP contribution in [0.1, 0.15) is 21.7 Å². The first-order valence-electron chi connectivity index (χ1n) is 3.97. The fourth-order valence-corrected chi connectivity index (χ4v) is 1.34. The topological polar surface area (TPSA) is 48.7 Å². The van der Waals surface area contributed by atoms with Gasteiger partial charge >= 0.3 is 5.97 Å². The van der Waals surface area contributed by atoms with Crippen LogP contribution in [0.2, 0.25) is 0 Å². The van der Waals surface area contributed by atoms with Gasteiger partial charge in [-0.05, 0) is 0 Å². The molecular weight excluding hydrogens is 208 g/mol. The van der Waals surface area contributed by atoms with Crippen molar-refractivity contribution in [1.29, 1.82) is 0 Å². The molecule has 0 saturated carbocycles. The number of carbonyl (C=O) groups is 1. The van der Waals surface area contributed by atoms with E-state index in [1.165, 1.54) is 20.5 Å². The second kappa shape index (κ2) is 5.02. The van der Waals surface area contributed by atoms with E-state index in [0.717, 1.165) is 0 Å². The molecule has 0 aliphatic rings. The van der Waals surface area contributed by atoms with Crippen molar-refractivity contribution in [2.45, 2.75) is 12.5 Å². The third-order valence-corrected chi connectivity index (χ3v) is 2.04. The molecule has 0 spiro atoms. The lowest BCUT2D eigenvalue weighted by molar-refractivity contribution is 0.0595. The first kappa shape index (κ1) is 11.1. The summed E-state index contributed by atoms with van der Waals surface area (Å²) in [7, 11) is 2.85. The van der Waals surface area contributed by atoms with Crippen LogP contribution in [0.3, 0.4) is 0 Å². The Morgan fingerprint density at radius 2 is 2.29 bits per heavy atom. The monoisotopic (exact) mass is 218 g/mol. The molecular formula is C9H11ClO4. The molecule has 1 rings (SSSR count). The summed E-state index contributed by atoms with van der Waals surface area (Å²) in [5.74, 6) is 0.293. The summed E-state index contributed by atoms with van der Waals surface area (Å²) in [6, 6.07) is 0. The summed E-state index contributed by atoms with van der Waals surface area (Å²) in [5.41, 5.74) is 1.01. The van der Waals surface area contributed by atoms with E-state index in [2.05, 4.69) is 4.74 Å². The fraction of sp³-hybridized carbons (Fsp3) is 0.444. The van der Waals surface area contributed by atoms with Crippen LogP contribution in [0.4, 0.5) is 0 Å². The minimum Gasteiger partial charge on any atom is -0.467 e. The molecule has 0 radical (unpaired) electrons. The smallest absolute Gasteiger partial charge is 0.341 e. The van der Waals surface area contributed by atoms with Crippen LogP contribution in [0.25, 0.3) is 0 Å². The SMILES string of the molecule is COCc1c(C(=O)OC)coc1CCl. The normalized spacial score (nSPS) is 10.2. The van der Waals surface area contributed by atoms with Gasteiger partial charge in [0, 0.05) is 12.7 Å². The quantitative estimate of drug-likeness (QED) is 0.573. The van der Waals surface area contributed by atoms with Crippen LogP contribution < -0.4 is 0 Å². The van der Waals surface area contributed by atoms with E-state index in [0.29, 0.717) is 16.9 Å². The second-order valence-electron chi connectivity index (χ2n) is 2.61. The lowest BCUT2D eigenvalue weighted by atomic mass is 10.1. The number of methoxy groups -OCH3 is 2. The van der Waals surface area contributed by atoms with Crippen LogP contribution in [0, 0.1) is 0 Å². The fourth-order valence-electron chi connectivity index (χ4n) is 1.12. The highest BCUT2D eigenvalue weighted by Gasteiger charge is 2.18. The molecule has 0 amide bonds. The number of furan rings is 1. The minimum absolute atomic E-state index is 0.204. The third-order valence-electron chi connectivity index (χ3n) is 1.80. The summed E-state index contributed by atoms with van der Waals surface area (Å²) < 4.78 is 14.6. The lowest BCUT2D eigenvalue weighted by Gasteiger charge is -2.01. The average molecular weight is 219 g/mol. The van der Waals surface area contributed by atoms with Gasteiger partial charge in [0.15, 0.2) is 0 Å². The zero-order valence-electron chi connectivity index (χ0n) is 8.00.